The lowest BCUT2D eigenvalue weighted by molar-refractivity contribution is 0.317. The Morgan fingerprint density at radius 3 is 2.78 bits per heavy atom. The average molecular weight is 446 g/mol. The highest BCUT2D eigenvalue weighted by Crippen LogP contribution is 2.38. The third kappa shape index (κ3) is 4.54. The molecule has 2 aromatic carbocycles. The van der Waals surface area contributed by atoms with Gasteiger partial charge in [-0.1, -0.05) is 39.8 Å². The van der Waals surface area contributed by atoms with Crippen molar-refractivity contribution >= 4 is 39.6 Å². The summed E-state index contributed by atoms with van der Waals surface area (Å²) in [5.41, 5.74) is 3.40. The number of aliphatic imine (C=N–C) groups is 1. The van der Waals surface area contributed by atoms with E-state index in [0.717, 1.165) is 31.3 Å². The molecule has 2 N–H and O–H groups in total. The van der Waals surface area contributed by atoms with Gasteiger partial charge in [0.25, 0.3) is 0 Å². The number of hydrogen-bond donors (Lipinski definition) is 2. The van der Waals surface area contributed by atoms with Gasteiger partial charge in [0.15, 0.2) is 11.5 Å². The molecule has 0 aliphatic carbocycles. The standard InChI is InChI=1S/C20H20BrN3O2S/c1-4-26-17-10-15(21)9-14(19(17)25)11-22-16-7-5-6-8-18(16)27-20-12(2)23-24-13(20)3/h5-11,25H,4H2,1-3H3,(H,23,24). The van der Waals surface area contributed by atoms with Crippen molar-refractivity contribution in [2.24, 2.45) is 4.99 Å². The SMILES string of the molecule is CCOc1cc(Br)cc(C=Nc2ccccc2Sc2c(C)n[nH]c2C)c1O. The lowest BCUT2D eigenvalue weighted by Crippen LogP contribution is -1.94. The summed E-state index contributed by atoms with van der Waals surface area (Å²) in [4.78, 5) is 6.72. The summed E-state index contributed by atoms with van der Waals surface area (Å²) in [6.45, 7) is 6.33. The quantitative estimate of drug-likeness (QED) is 0.470. The average Bonchev–Trinajstić information content (AvgIpc) is 2.96. The third-order valence-electron chi connectivity index (χ3n) is 3.85. The van der Waals surface area contributed by atoms with Crippen molar-refractivity contribution in [3.05, 3.63) is 57.8 Å². The molecule has 0 saturated heterocycles. The van der Waals surface area contributed by atoms with Crippen LogP contribution in [0.25, 0.3) is 0 Å². The van der Waals surface area contributed by atoms with E-state index in [1.807, 2.05) is 51.1 Å². The van der Waals surface area contributed by atoms with Crippen molar-refractivity contribution in [3.63, 3.8) is 0 Å². The fraction of sp³-hybridized carbons (Fsp3) is 0.200. The minimum absolute atomic E-state index is 0.0791. The molecule has 0 atom stereocenters. The number of benzene rings is 2. The van der Waals surface area contributed by atoms with E-state index in [9.17, 15) is 5.11 Å². The zero-order chi connectivity index (χ0) is 19.4. The van der Waals surface area contributed by atoms with Gasteiger partial charge in [-0.2, -0.15) is 5.10 Å². The molecule has 7 heteroatoms. The van der Waals surface area contributed by atoms with Crippen LogP contribution in [-0.4, -0.2) is 28.1 Å². The van der Waals surface area contributed by atoms with Crippen molar-refractivity contribution in [2.75, 3.05) is 6.61 Å². The highest BCUT2D eigenvalue weighted by Gasteiger charge is 2.12. The Morgan fingerprint density at radius 1 is 1.30 bits per heavy atom. The number of aromatic hydroxyl groups is 1. The minimum atomic E-state index is 0.0791. The molecule has 0 saturated carbocycles. The number of nitrogens with one attached hydrogen (secondary N) is 1. The molecule has 0 fully saturated rings. The Labute approximate surface area is 171 Å². The number of phenols is 1. The summed E-state index contributed by atoms with van der Waals surface area (Å²) in [6.07, 6.45) is 1.65. The van der Waals surface area contributed by atoms with E-state index >= 15 is 0 Å². The van der Waals surface area contributed by atoms with Crippen LogP contribution in [0.15, 0.2) is 55.7 Å². The fourth-order valence-electron chi connectivity index (χ4n) is 2.55. The van der Waals surface area contributed by atoms with Gasteiger partial charge in [0.05, 0.1) is 22.9 Å². The van der Waals surface area contributed by atoms with Crippen LogP contribution >= 0.6 is 27.7 Å². The van der Waals surface area contributed by atoms with Crippen molar-refractivity contribution in [1.82, 2.24) is 10.2 Å². The van der Waals surface area contributed by atoms with Crippen LogP contribution in [-0.2, 0) is 0 Å². The van der Waals surface area contributed by atoms with Gasteiger partial charge in [-0.25, -0.2) is 0 Å². The molecule has 0 radical (unpaired) electrons. The first-order chi connectivity index (χ1) is 13.0. The smallest absolute Gasteiger partial charge is 0.166 e. The van der Waals surface area contributed by atoms with Crippen molar-refractivity contribution in [2.45, 2.75) is 30.6 Å². The molecule has 0 bridgehead atoms. The van der Waals surface area contributed by atoms with Gasteiger partial charge in [0.2, 0.25) is 0 Å². The molecule has 0 spiro atoms. The highest BCUT2D eigenvalue weighted by molar-refractivity contribution is 9.10. The van der Waals surface area contributed by atoms with E-state index in [-0.39, 0.29) is 5.75 Å². The van der Waals surface area contributed by atoms with E-state index in [1.54, 1.807) is 24.0 Å². The minimum Gasteiger partial charge on any atom is -0.504 e. The van der Waals surface area contributed by atoms with Gasteiger partial charge in [-0.05, 0) is 45.0 Å². The van der Waals surface area contributed by atoms with E-state index in [1.165, 1.54) is 0 Å². The fourth-order valence-corrected chi connectivity index (χ4v) is 3.99. The number of para-hydroxylation sites is 1. The predicted octanol–water partition coefficient (Wildman–Crippen LogP) is 5.80. The largest absolute Gasteiger partial charge is 0.504 e. The normalized spacial score (nSPS) is 11.3. The summed E-state index contributed by atoms with van der Waals surface area (Å²) >= 11 is 5.07. The number of phenolic OH excluding ortho intramolecular Hbond substituents is 1. The number of rotatable bonds is 6. The Kier molecular flexibility index (Phi) is 6.23. The molecule has 140 valence electrons. The van der Waals surface area contributed by atoms with Crippen LogP contribution in [0, 0.1) is 13.8 Å². The number of H-pyrrole nitrogens is 1. The molecular weight excluding hydrogens is 426 g/mol. The van der Waals surface area contributed by atoms with Crippen LogP contribution in [0.5, 0.6) is 11.5 Å². The third-order valence-corrected chi connectivity index (χ3v) is 5.68. The molecule has 3 rings (SSSR count). The summed E-state index contributed by atoms with van der Waals surface area (Å²) in [6, 6.07) is 11.4. The summed E-state index contributed by atoms with van der Waals surface area (Å²) < 4.78 is 6.29. The maximum Gasteiger partial charge on any atom is 0.166 e. The molecule has 27 heavy (non-hydrogen) atoms. The summed E-state index contributed by atoms with van der Waals surface area (Å²) in [5, 5.41) is 17.7. The molecule has 0 amide bonds. The molecule has 1 heterocycles. The van der Waals surface area contributed by atoms with Crippen molar-refractivity contribution < 1.29 is 9.84 Å². The lowest BCUT2D eigenvalue weighted by Gasteiger charge is -2.09. The first-order valence-corrected chi connectivity index (χ1v) is 10.1. The second-order valence-corrected chi connectivity index (χ2v) is 7.83. The zero-order valence-electron chi connectivity index (χ0n) is 15.3. The molecule has 5 nitrogen and oxygen atoms in total. The van der Waals surface area contributed by atoms with E-state index in [2.05, 4.69) is 31.1 Å². The number of halogens is 1. The summed E-state index contributed by atoms with van der Waals surface area (Å²) in [7, 11) is 0. The van der Waals surface area contributed by atoms with Crippen LogP contribution in [0.1, 0.15) is 23.9 Å². The highest BCUT2D eigenvalue weighted by atomic mass is 79.9. The van der Waals surface area contributed by atoms with Crippen LogP contribution in [0.4, 0.5) is 5.69 Å². The van der Waals surface area contributed by atoms with Gasteiger partial charge in [-0.15, -0.1) is 0 Å². The Bertz CT molecular complexity index is 966. The number of nitrogens with zero attached hydrogens (tertiary/aromatic N) is 2. The van der Waals surface area contributed by atoms with Gasteiger partial charge in [0.1, 0.15) is 0 Å². The first kappa shape index (κ1) is 19.5. The lowest BCUT2D eigenvalue weighted by atomic mass is 10.2. The maximum atomic E-state index is 10.4. The van der Waals surface area contributed by atoms with Gasteiger partial charge >= 0.3 is 0 Å². The summed E-state index contributed by atoms with van der Waals surface area (Å²) in [5.74, 6) is 0.510. The molecule has 0 aliphatic rings. The topological polar surface area (TPSA) is 70.5 Å². The second-order valence-electron chi connectivity index (χ2n) is 5.87. The second kappa shape index (κ2) is 8.63. The Balaban J connectivity index is 1.93. The number of aryl methyl sites for hydroxylation is 2. The Morgan fingerprint density at radius 2 is 2.07 bits per heavy atom. The van der Waals surface area contributed by atoms with Crippen LogP contribution in [0.3, 0.4) is 0 Å². The van der Waals surface area contributed by atoms with E-state index in [4.69, 9.17) is 4.74 Å². The number of aromatic amines is 1. The monoisotopic (exact) mass is 445 g/mol. The molecule has 0 aliphatic heterocycles. The van der Waals surface area contributed by atoms with E-state index < -0.39 is 0 Å². The number of ether oxygens (including phenoxy) is 1. The Hall–Kier alpha value is -2.25. The maximum absolute atomic E-state index is 10.4. The van der Waals surface area contributed by atoms with Crippen molar-refractivity contribution in [1.29, 1.82) is 0 Å². The molecule has 0 unspecified atom stereocenters. The zero-order valence-corrected chi connectivity index (χ0v) is 17.7. The first-order valence-electron chi connectivity index (χ1n) is 8.47. The molecule has 3 aromatic rings. The predicted molar refractivity (Wildman–Crippen MR) is 113 cm³/mol. The number of hydrogen-bond acceptors (Lipinski definition) is 5. The van der Waals surface area contributed by atoms with Gasteiger partial charge in [0, 0.05) is 26.8 Å². The van der Waals surface area contributed by atoms with Crippen LogP contribution < -0.4 is 4.74 Å². The van der Waals surface area contributed by atoms with Crippen LogP contribution in [0.2, 0.25) is 0 Å². The van der Waals surface area contributed by atoms with E-state index in [0.29, 0.717) is 17.9 Å². The van der Waals surface area contributed by atoms with Gasteiger partial charge in [-0.3, -0.25) is 10.1 Å². The van der Waals surface area contributed by atoms with Crippen molar-refractivity contribution in [3.8, 4) is 11.5 Å². The molecule has 1 aromatic heterocycles. The number of aromatic nitrogens is 2. The van der Waals surface area contributed by atoms with Gasteiger partial charge < -0.3 is 9.84 Å². The molecular formula is C20H20BrN3O2S.